The maximum Gasteiger partial charge on any atom is 0.314 e. The van der Waals surface area contributed by atoms with Crippen LogP contribution in [0.2, 0.25) is 0 Å². The van der Waals surface area contributed by atoms with Crippen LogP contribution in [0.1, 0.15) is 38.1 Å². The number of hydrogen-bond acceptors (Lipinski definition) is 6. The number of aromatic nitrogens is 4. The molecule has 0 aliphatic heterocycles. The maximum atomic E-state index is 12.6. The third kappa shape index (κ3) is 3.31. The number of pyridine rings is 1. The first-order chi connectivity index (χ1) is 16.0. The molecule has 3 aromatic heterocycles. The van der Waals surface area contributed by atoms with Crippen molar-refractivity contribution in [2.24, 2.45) is 17.8 Å². The van der Waals surface area contributed by atoms with Crippen LogP contribution in [0.25, 0.3) is 21.9 Å². The van der Waals surface area contributed by atoms with Crippen molar-refractivity contribution >= 4 is 39.6 Å². The van der Waals surface area contributed by atoms with E-state index in [9.17, 15) is 14.7 Å². The molecule has 3 heterocycles. The van der Waals surface area contributed by atoms with Gasteiger partial charge in [0.15, 0.2) is 5.65 Å². The van der Waals surface area contributed by atoms with Gasteiger partial charge in [0.2, 0.25) is 0 Å². The highest BCUT2D eigenvalue weighted by Gasteiger charge is 2.55. The van der Waals surface area contributed by atoms with Crippen molar-refractivity contribution in [3.63, 3.8) is 0 Å². The Morgan fingerprint density at radius 1 is 1.21 bits per heavy atom. The van der Waals surface area contributed by atoms with E-state index in [1.54, 1.807) is 12.4 Å². The summed E-state index contributed by atoms with van der Waals surface area (Å²) in [5.41, 5.74) is 1.04. The lowest BCUT2D eigenvalue weighted by molar-refractivity contribution is -0.148. The largest absolute Gasteiger partial charge is 0.390 e. The fourth-order valence-corrected chi connectivity index (χ4v) is 6.84. The van der Waals surface area contributed by atoms with Crippen LogP contribution in [0.4, 0.5) is 5.82 Å². The number of carbonyl (C=O) groups is 2. The Hall–Kier alpha value is -2.98. The van der Waals surface area contributed by atoms with Gasteiger partial charge in [-0.3, -0.25) is 19.4 Å². The highest BCUT2D eigenvalue weighted by atomic mass is 16.5. The number of anilines is 1. The first-order valence-corrected chi connectivity index (χ1v) is 11.6. The summed E-state index contributed by atoms with van der Waals surface area (Å²) in [6.45, 7) is 0.583. The molecule has 3 aromatic rings. The number of nitrogens with zero attached hydrogens (tertiary/aromatic N) is 3. The van der Waals surface area contributed by atoms with E-state index in [0.29, 0.717) is 35.8 Å². The van der Waals surface area contributed by atoms with Crippen LogP contribution >= 0.6 is 0 Å². The molecule has 33 heavy (non-hydrogen) atoms. The molecule has 2 atom stereocenters. The number of aromatic amines is 1. The Balaban J connectivity index is 1.39. The normalized spacial score (nSPS) is 30.2. The molecule has 10 nitrogen and oxygen atoms in total. The van der Waals surface area contributed by atoms with Crippen molar-refractivity contribution in [2.45, 2.75) is 43.7 Å². The van der Waals surface area contributed by atoms with Gasteiger partial charge in [0.1, 0.15) is 5.82 Å². The quantitative estimate of drug-likeness (QED) is 0.344. The summed E-state index contributed by atoms with van der Waals surface area (Å²) in [4.78, 5) is 33.6. The van der Waals surface area contributed by atoms with Crippen LogP contribution in [0.5, 0.6) is 0 Å². The molecule has 7 rings (SSSR count). The lowest BCUT2D eigenvalue weighted by Gasteiger charge is -2.58. The summed E-state index contributed by atoms with van der Waals surface area (Å²) in [7, 11) is 1.53. The van der Waals surface area contributed by atoms with Gasteiger partial charge in [0.25, 0.3) is 0 Å². The monoisotopic (exact) mass is 452 g/mol. The van der Waals surface area contributed by atoms with Crippen molar-refractivity contribution in [1.82, 2.24) is 25.1 Å². The lowest BCUT2D eigenvalue weighted by Crippen LogP contribution is -2.55. The summed E-state index contributed by atoms with van der Waals surface area (Å²) in [5, 5.41) is 21.4. The molecular formula is C23H28N6O4. The number of nitrogens with one attached hydrogen (secondary N) is 3. The molecule has 4 fully saturated rings. The molecule has 2 unspecified atom stereocenters. The number of hydrogen-bond donors (Lipinski definition) is 4. The Labute approximate surface area is 190 Å². The minimum absolute atomic E-state index is 0.186. The first-order valence-electron chi connectivity index (χ1n) is 11.6. The maximum absolute atomic E-state index is 12.6. The van der Waals surface area contributed by atoms with E-state index in [2.05, 4.69) is 30.4 Å². The van der Waals surface area contributed by atoms with Gasteiger partial charge >= 0.3 is 11.8 Å². The van der Waals surface area contributed by atoms with Gasteiger partial charge in [-0.25, -0.2) is 9.97 Å². The summed E-state index contributed by atoms with van der Waals surface area (Å²) in [6.07, 6.45) is 8.16. The van der Waals surface area contributed by atoms with Crippen molar-refractivity contribution in [1.29, 1.82) is 0 Å². The number of fused-ring (bicyclic) bond motifs is 3. The van der Waals surface area contributed by atoms with Crippen LogP contribution < -0.4 is 10.6 Å². The third-order valence-corrected chi connectivity index (χ3v) is 7.77. The standard InChI is InChI=1S/C23H28N6O4/c1-33-5-4-25-21(30)22(31)27-20-16-11-26-19-15(2-3-24-19)18(16)29(28-20)17-13-6-12-7-14(17)10-23(32,8-12)9-13/h2-3,11-14,17,28,32H,4-10H2,1H3,(H,25,30)(H,27,31). The number of amides is 2. The lowest BCUT2D eigenvalue weighted by atomic mass is 9.52. The van der Waals surface area contributed by atoms with E-state index in [0.717, 1.165) is 48.4 Å². The predicted molar refractivity (Wildman–Crippen MR) is 120 cm³/mol. The van der Waals surface area contributed by atoms with Gasteiger partial charge in [0, 0.05) is 31.4 Å². The molecule has 0 saturated heterocycles. The summed E-state index contributed by atoms with van der Waals surface area (Å²) < 4.78 is 7.07. The second kappa shape index (κ2) is 7.53. The second-order valence-electron chi connectivity index (χ2n) is 9.95. The summed E-state index contributed by atoms with van der Waals surface area (Å²) in [5.74, 6) is 0.284. The third-order valence-electron chi connectivity index (χ3n) is 7.77. The van der Waals surface area contributed by atoms with E-state index < -0.39 is 17.4 Å². The fourth-order valence-electron chi connectivity index (χ4n) is 6.84. The van der Waals surface area contributed by atoms with Crippen LogP contribution in [0, 0.1) is 17.8 Å². The fraction of sp³-hybridized carbons (Fsp3) is 0.565. The average molecular weight is 453 g/mol. The molecule has 4 aliphatic rings. The topological polar surface area (TPSA) is 134 Å². The van der Waals surface area contributed by atoms with Crippen molar-refractivity contribution < 1.29 is 19.4 Å². The van der Waals surface area contributed by atoms with E-state index in [1.165, 1.54) is 7.11 Å². The van der Waals surface area contributed by atoms with Crippen LogP contribution in [0.15, 0.2) is 18.5 Å². The Kier molecular flexibility index (Phi) is 4.70. The van der Waals surface area contributed by atoms with Crippen molar-refractivity contribution in [3.8, 4) is 0 Å². The number of rotatable bonds is 5. The molecule has 0 radical (unpaired) electrons. The molecule has 0 spiro atoms. The first kappa shape index (κ1) is 20.6. The number of methoxy groups -OCH3 is 1. The molecule has 0 aromatic carbocycles. The zero-order valence-corrected chi connectivity index (χ0v) is 18.5. The van der Waals surface area contributed by atoms with Crippen LogP contribution in [-0.2, 0) is 14.3 Å². The van der Waals surface area contributed by atoms with Crippen molar-refractivity contribution in [3.05, 3.63) is 18.5 Å². The molecule has 4 N–H and O–H groups in total. The van der Waals surface area contributed by atoms with Gasteiger partial charge in [0.05, 0.1) is 29.2 Å². The van der Waals surface area contributed by atoms with Gasteiger partial charge < -0.3 is 20.5 Å². The molecule has 4 saturated carbocycles. The van der Waals surface area contributed by atoms with E-state index in [-0.39, 0.29) is 12.6 Å². The Bertz CT molecular complexity index is 1230. The summed E-state index contributed by atoms with van der Waals surface area (Å²) in [6, 6.07) is 2.12. The molecular weight excluding hydrogens is 424 g/mol. The Morgan fingerprint density at radius 3 is 2.73 bits per heavy atom. The van der Waals surface area contributed by atoms with Crippen LogP contribution in [0.3, 0.4) is 0 Å². The van der Waals surface area contributed by atoms with Gasteiger partial charge in [-0.15, -0.1) is 0 Å². The second-order valence-corrected chi connectivity index (χ2v) is 9.95. The minimum Gasteiger partial charge on any atom is -0.390 e. The molecule has 2 amide bonds. The smallest absolute Gasteiger partial charge is 0.314 e. The number of H-pyrrole nitrogens is 1. The highest BCUT2D eigenvalue weighted by Crippen LogP contribution is 2.60. The van der Waals surface area contributed by atoms with Crippen molar-refractivity contribution in [2.75, 3.05) is 25.6 Å². The average Bonchev–Trinajstić information content (AvgIpc) is 3.37. The molecule has 4 aliphatic carbocycles. The zero-order chi connectivity index (χ0) is 22.7. The van der Waals surface area contributed by atoms with Gasteiger partial charge in [-0.1, -0.05) is 0 Å². The van der Waals surface area contributed by atoms with E-state index in [4.69, 9.17) is 4.74 Å². The molecule has 4 bridgehead atoms. The number of ether oxygens (including phenoxy) is 1. The number of carbonyl (C=O) groups excluding carboxylic acids is 2. The summed E-state index contributed by atoms with van der Waals surface area (Å²) >= 11 is 0. The van der Waals surface area contributed by atoms with Gasteiger partial charge in [-0.05, 0) is 55.9 Å². The van der Waals surface area contributed by atoms with Crippen LogP contribution in [-0.4, -0.2) is 62.5 Å². The SMILES string of the molecule is COCCNC(=O)C(=O)Nc1[nH]n(C2C3CC4CC2CC(O)(C4)C3)c2c1cnc1nccc12. The van der Waals surface area contributed by atoms with E-state index >= 15 is 0 Å². The van der Waals surface area contributed by atoms with Gasteiger partial charge in [-0.2, -0.15) is 0 Å². The zero-order valence-electron chi connectivity index (χ0n) is 18.5. The molecule has 174 valence electrons. The van der Waals surface area contributed by atoms with E-state index in [1.807, 2.05) is 6.07 Å². The number of aliphatic hydroxyl groups is 1. The Morgan fingerprint density at radius 2 is 2.00 bits per heavy atom. The highest BCUT2D eigenvalue weighted by molar-refractivity contribution is 6.40. The molecule has 10 heteroatoms. The minimum atomic E-state index is -0.749. The predicted octanol–water partition coefficient (Wildman–Crippen LogP) is 1.73.